The molecule has 1 rings (SSSR count). The van der Waals surface area contributed by atoms with E-state index < -0.39 is 0 Å². The van der Waals surface area contributed by atoms with Gasteiger partial charge < -0.3 is 20.7 Å². The highest BCUT2D eigenvalue weighted by atomic mass is 16.5. The van der Waals surface area contributed by atoms with E-state index in [2.05, 4.69) is 10.2 Å². The number of rotatable bonds is 8. The third-order valence-corrected chi connectivity index (χ3v) is 3.66. The maximum atomic E-state index is 11.7. The van der Waals surface area contributed by atoms with Gasteiger partial charge in [0, 0.05) is 39.2 Å². The van der Waals surface area contributed by atoms with Crippen molar-refractivity contribution in [3.05, 3.63) is 0 Å². The van der Waals surface area contributed by atoms with E-state index in [-0.39, 0.29) is 11.9 Å². The minimum absolute atomic E-state index is 0.137. The first-order valence-electron chi connectivity index (χ1n) is 6.83. The monoisotopic (exact) mass is 257 g/mol. The van der Waals surface area contributed by atoms with Gasteiger partial charge in [-0.15, -0.1) is 0 Å². The van der Waals surface area contributed by atoms with Crippen molar-refractivity contribution in [1.29, 1.82) is 0 Å². The minimum Gasteiger partial charge on any atom is -0.383 e. The number of likely N-dealkylation sites (N-methyl/N-ethyl adjacent to an activating group) is 1. The molecule has 0 aromatic heterocycles. The fourth-order valence-electron chi connectivity index (χ4n) is 2.37. The average Bonchev–Trinajstić information content (AvgIpc) is 2.72. The van der Waals surface area contributed by atoms with Gasteiger partial charge in [-0.1, -0.05) is 6.42 Å². The largest absolute Gasteiger partial charge is 0.383 e. The van der Waals surface area contributed by atoms with Crippen molar-refractivity contribution in [3.8, 4) is 0 Å². The van der Waals surface area contributed by atoms with Crippen molar-refractivity contribution >= 4 is 5.91 Å². The fourth-order valence-corrected chi connectivity index (χ4v) is 2.37. The van der Waals surface area contributed by atoms with E-state index in [0.29, 0.717) is 18.9 Å². The van der Waals surface area contributed by atoms with Crippen LogP contribution in [0.15, 0.2) is 0 Å². The van der Waals surface area contributed by atoms with Gasteiger partial charge in [-0.05, 0) is 25.8 Å². The van der Waals surface area contributed by atoms with Gasteiger partial charge in [0.25, 0.3) is 0 Å². The summed E-state index contributed by atoms with van der Waals surface area (Å²) in [5.41, 5.74) is 5.96. The summed E-state index contributed by atoms with van der Waals surface area (Å²) in [5.74, 6) is 0.522. The van der Waals surface area contributed by atoms with Gasteiger partial charge >= 0.3 is 0 Å². The number of hydrogen-bond donors (Lipinski definition) is 2. The number of amides is 1. The molecule has 0 saturated heterocycles. The van der Waals surface area contributed by atoms with Crippen LogP contribution in [0.1, 0.15) is 25.7 Å². The van der Waals surface area contributed by atoms with Crippen LogP contribution in [-0.4, -0.2) is 57.2 Å². The third-order valence-electron chi connectivity index (χ3n) is 3.66. The van der Waals surface area contributed by atoms with E-state index in [0.717, 1.165) is 32.5 Å². The molecule has 2 atom stereocenters. The number of carbonyl (C=O) groups is 1. The van der Waals surface area contributed by atoms with Crippen molar-refractivity contribution in [1.82, 2.24) is 10.2 Å². The van der Waals surface area contributed by atoms with E-state index in [1.807, 2.05) is 7.05 Å². The quantitative estimate of drug-likeness (QED) is 0.652. The fraction of sp³-hybridized carbons (Fsp3) is 0.923. The van der Waals surface area contributed by atoms with Gasteiger partial charge in [-0.25, -0.2) is 0 Å². The first-order valence-corrected chi connectivity index (χ1v) is 6.83. The van der Waals surface area contributed by atoms with Crippen LogP contribution in [0.2, 0.25) is 0 Å². The van der Waals surface area contributed by atoms with Crippen LogP contribution < -0.4 is 11.1 Å². The van der Waals surface area contributed by atoms with E-state index in [4.69, 9.17) is 10.5 Å². The molecule has 0 unspecified atom stereocenters. The predicted molar refractivity (Wildman–Crippen MR) is 72.3 cm³/mol. The van der Waals surface area contributed by atoms with E-state index in [1.54, 1.807) is 7.11 Å². The molecule has 1 aliphatic carbocycles. The molecule has 0 heterocycles. The number of ether oxygens (including phenoxy) is 1. The molecular weight excluding hydrogens is 230 g/mol. The first kappa shape index (κ1) is 15.4. The molecule has 106 valence electrons. The molecule has 0 radical (unpaired) electrons. The molecule has 0 aromatic rings. The Kier molecular flexibility index (Phi) is 7.23. The molecule has 1 fully saturated rings. The molecule has 1 amide bonds. The zero-order valence-corrected chi connectivity index (χ0v) is 11.7. The van der Waals surface area contributed by atoms with Crippen LogP contribution >= 0.6 is 0 Å². The summed E-state index contributed by atoms with van der Waals surface area (Å²) >= 11 is 0. The van der Waals surface area contributed by atoms with E-state index in [1.165, 1.54) is 6.42 Å². The number of carbonyl (C=O) groups excluding carboxylic acids is 1. The number of nitrogens with two attached hydrogens (primary N) is 1. The highest BCUT2D eigenvalue weighted by molar-refractivity contribution is 5.76. The van der Waals surface area contributed by atoms with Gasteiger partial charge in [-0.3, -0.25) is 4.79 Å². The Labute approximate surface area is 110 Å². The summed E-state index contributed by atoms with van der Waals surface area (Å²) in [7, 11) is 3.72. The van der Waals surface area contributed by atoms with Crippen LogP contribution in [0.3, 0.4) is 0 Å². The zero-order valence-electron chi connectivity index (χ0n) is 11.7. The van der Waals surface area contributed by atoms with Crippen molar-refractivity contribution in [2.45, 2.75) is 31.7 Å². The van der Waals surface area contributed by atoms with Crippen LogP contribution in [0.25, 0.3) is 0 Å². The Morgan fingerprint density at radius 2 is 2.22 bits per heavy atom. The molecule has 0 aromatic carbocycles. The van der Waals surface area contributed by atoms with E-state index in [9.17, 15) is 4.79 Å². The highest BCUT2D eigenvalue weighted by Crippen LogP contribution is 2.26. The molecule has 18 heavy (non-hydrogen) atoms. The summed E-state index contributed by atoms with van der Waals surface area (Å²) in [4.78, 5) is 13.9. The molecular formula is C13H27N3O2. The Hall–Kier alpha value is -0.650. The average molecular weight is 257 g/mol. The zero-order chi connectivity index (χ0) is 13.4. The second-order valence-corrected chi connectivity index (χ2v) is 5.20. The predicted octanol–water partition coefficient (Wildman–Crippen LogP) is 0.198. The van der Waals surface area contributed by atoms with Crippen molar-refractivity contribution in [2.75, 3.05) is 40.4 Å². The molecule has 0 spiro atoms. The molecule has 5 nitrogen and oxygen atoms in total. The maximum Gasteiger partial charge on any atom is 0.220 e. The van der Waals surface area contributed by atoms with Gasteiger partial charge in [0.1, 0.15) is 0 Å². The summed E-state index contributed by atoms with van der Waals surface area (Å²) in [6.45, 7) is 3.16. The second kappa shape index (κ2) is 8.45. The number of methoxy groups -OCH3 is 1. The Balaban J connectivity index is 2.06. The Morgan fingerprint density at radius 1 is 1.44 bits per heavy atom. The molecule has 1 saturated carbocycles. The molecule has 1 aliphatic rings. The van der Waals surface area contributed by atoms with Crippen LogP contribution in [-0.2, 0) is 9.53 Å². The van der Waals surface area contributed by atoms with Crippen LogP contribution in [0.5, 0.6) is 0 Å². The maximum absolute atomic E-state index is 11.7. The highest BCUT2D eigenvalue weighted by Gasteiger charge is 2.25. The summed E-state index contributed by atoms with van der Waals surface area (Å²) in [5, 5.41) is 2.96. The lowest BCUT2D eigenvalue weighted by molar-refractivity contribution is -0.122. The smallest absolute Gasteiger partial charge is 0.220 e. The van der Waals surface area contributed by atoms with Gasteiger partial charge in [0.15, 0.2) is 0 Å². The number of nitrogens with one attached hydrogen (secondary N) is 1. The first-order chi connectivity index (χ1) is 8.63. The number of hydrogen-bond acceptors (Lipinski definition) is 4. The Morgan fingerprint density at radius 3 is 2.83 bits per heavy atom. The van der Waals surface area contributed by atoms with Crippen LogP contribution in [0.4, 0.5) is 0 Å². The van der Waals surface area contributed by atoms with Crippen molar-refractivity contribution < 1.29 is 9.53 Å². The lowest BCUT2D eigenvalue weighted by Gasteiger charge is -2.18. The number of nitrogens with zero attached hydrogens (tertiary/aromatic N) is 1. The Bertz CT molecular complexity index is 248. The van der Waals surface area contributed by atoms with E-state index >= 15 is 0 Å². The molecule has 3 N–H and O–H groups in total. The molecule has 5 heteroatoms. The van der Waals surface area contributed by atoms with Gasteiger partial charge in [0.2, 0.25) is 5.91 Å². The third kappa shape index (κ3) is 5.80. The van der Waals surface area contributed by atoms with Crippen LogP contribution in [0, 0.1) is 5.92 Å². The molecule has 0 aliphatic heterocycles. The SMILES string of the molecule is COCCN(C)CCNC(=O)C[C@@H]1CCC[C@H]1N. The standard InChI is InChI=1S/C13H27N3O2/c1-16(8-9-18-2)7-6-15-13(17)10-11-4-3-5-12(11)14/h11-12H,3-10,14H2,1-2H3,(H,15,17)/t11-,12+/m0/s1. The van der Waals surface area contributed by atoms with Gasteiger partial charge in [0.05, 0.1) is 6.61 Å². The molecule has 0 bridgehead atoms. The summed E-state index contributed by atoms with van der Waals surface area (Å²) < 4.78 is 5.00. The van der Waals surface area contributed by atoms with Gasteiger partial charge in [-0.2, -0.15) is 0 Å². The second-order valence-electron chi connectivity index (χ2n) is 5.20. The lowest BCUT2D eigenvalue weighted by atomic mass is 10.00. The van der Waals surface area contributed by atoms with Crippen molar-refractivity contribution in [2.24, 2.45) is 11.7 Å². The minimum atomic E-state index is 0.137. The summed E-state index contributed by atoms with van der Waals surface area (Å²) in [6, 6.07) is 0.222. The topological polar surface area (TPSA) is 67.6 Å². The normalized spacial score (nSPS) is 23.6. The summed E-state index contributed by atoms with van der Waals surface area (Å²) in [6.07, 6.45) is 3.92. The van der Waals surface area contributed by atoms with Crippen molar-refractivity contribution in [3.63, 3.8) is 0 Å². The lowest BCUT2D eigenvalue weighted by Crippen LogP contribution is -2.36.